The van der Waals surface area contributed by atoms with E-state index in [1.54, 1.807) is 24.4 Å². The smallest absolute Gasteiger partial charge is 0.335 e. The molecule has 1 aromatic heterocycles. The van der Waals surface area contributed by atoms with Gasteiger partial charge in [0.15, 0.2) is 0 Å². The average molecular weight is 280 g/mol. The molecule has 0 saturated heterocycles. The van der Waals surface area contributed by atoms with Gasteiger partial charge in [-0.15, -0.1) is 0 Å². The van der Waals surface area contributed by atoms with Gasteiger partial charge in [0.05, 0.1) is 16.9 Å². The van der Waals surface area contributed by atoms with Crippen molar-refractivity contribution in [2.75, 3.05) is 0 Å². The summed E-state index contributed by atoms with van der Waals surface area (Å²) >= 11 is 0. The number of aliphatic hydroxyl groups excluding tert-OH is 1. The molecule has 5 nitrogen and oxygen atoms in total. The van der Waals surface area contributed by atoms with E-state index in [-0.39, 0.29) is 11.3 Å². The number of aromatic nitrogens is 1. The van der Waals surface area contributed by atoms with E-state index in [0.29, 0.717) is 18.4 Å². The van der Waals surface area contributed by atoms with Crippen molar-refractivity contribution in [3.63, 3.8) is 0 Å². The van der Waals surface area contributed by atoms with E-state index in [4.69, 9.17) is 5.11 Å². The minimum Gasteiger partial charge on any atom is -0.512 e. The number of hydrogen-bond acceptors (Lipinski definition) is 3. The number of carbonyl (C=O) groups is 1. The highest BCUT2D eigenvalue weighted by Gasteiger charge is 2.19. The van der Waals surface area contributed by atoms with Crippen molar-refractivity contribution in [1.29, 1.82) is 5.26 Å². The van der Waals surface area contributed by atoms with Crippen LogP contribution in [0.2, 0.25) is 0 Å². The van der Waals surface area contributed by atoms with Crippen LogP contribution in [0.15, 0.2) is 36.2 Å². The van der Waals surface area contributed by atoms with Crippen molar-refractivity contribution in [2.24, 2.45) is 0 Å². The van der Waals surface area contributed by atoms with Crippen LogP contribution in [0.3, 0.4) is 0 Å². The predicted molar refractivity (Wildman–Crippen MR) is 76.4 cm³/mol. The van der Waals surface area contributed by atoms with Crippen LogP contribution in [0.4, 0.5) is 0 Å². The minimum atomic E-state index is -0.971. The number of fused-ring (bicyclic) bond motifs is 1. The molecule has 1 aromatic carbocycles. The molecule has 1 heterocycles. The van der Waals surface area contributed by atoms with Gasteiger partial charge in [-0.2, -0.15) is 5.26 Å². The van der Waals surface area contributed by atoms with Crippen molar-refractivity contribution in [2.45, 2.75) is 12.8 Å². The summed E-state index contributed by atoms with van der Waals surface area (Å²) in [5.74, 6) is -0.695. The van der Waals surface area contributed by atoms with Crippen LogP contribution in [-0.2, 0) is 6.42 Å². The molecule has 2 N–H and O–H groups in total. The monoisotopic (exact) mass is 280 g/mol. The summed E-state index contributed by atoms with van der Waals surface area (Å²) in [5, 5.41) is 27.8. The van der Waals surface area contributed by atoms with Gasteiger partial charge in [0, 0.05) is 29.6 Å². The molecule has 104 valence electrons. The third-order valence-corrected chi connectivity index (χ3v) is 3.59. The number of carboxylic acid groups (broad SMARTS) is 1. The molecule has 3 rings (SSSR count). The standard InChI is InChI=1S/C16H12N2O3/c17-8-11-9-18(15-6-5-13(19)7-14(11)15)12-3-1-10(2-4-12)16(20)21/h1-4,7,9,19H,5-6H2,(H,20,21). The number of hydrogen-bond donors (Lipinski definition) is 2. The quantitative estimate of drug-likeness (QED) is 0.885. The number of rotatable bonds is 2. The van der Waals surface area contributed by atoms with Crippen LogP contribution in [0.25, 0.3) is 11.8 Å². The SMILES string of the molecule is N#Cc1cn(-c2ccc(C(=O)O)cc2)c2c1C=C(O)CC2. The molecule has 0 radical (unpaired) electrons. The number of carboxylic acids is 1. The third-order valence-electron chi connectivity index (χ3n) is 3.59. The second-order valence-electron chi connectivity index (χ2n) is 4.87. The lowest BCUT2D eigenvalue weighted by molar-refractivity contribution is 0.0697. The number of aromatic carboxylic acids is 1. The van der Waals surface area contributed by atoms with Crippen LogP contribution >= 0.6 is 0 Å². The number of benzene rings is 1. The van der Waals surface area contributed by atoms with Gasteiger partial charge in [-0.05, 0) is 36.8 Å². The van der Waals surface area contributed by atoms with Gasteiger partial charge in [-0.3, -0.25) is 0 Å². The average Bonchev–Trinajstić information content (AvgIpc) is 2.85. The van der Waals surface area contributed by atoms with Crippen LogP contribution in [0.5, 0.6) is 0 Å². The number of nitrogens with zero attached hydrogens (tertiary/aromatic N) is 2. The van der Waals surface area contributed by atoms with E-state index in [2.05, 4.69) is 6.07 Å². The summed E-state index contributed by atoms with van der Waals surface area (Å²) < 4.78 is 1.88. The van der Waals surface area contributed by atoms with E-state index < -0.39 is 5.97 Å². The molecule has 1 aliphatic carbocycles. The molecule has 0 saturated carbocycles. The van der Waals surface area contributed by atoms with Crippen molar-refractivity contribution in [3.8, 4) is 11.8 Å². The lowest BCUT2D eigenvalue weighted by atomic mass is 10.0. The molecule has 2 aromatic rings. The first-order valence-electron chi connectivity index (χ1n) is 6.47. The van der Waals surface area contributed by atoms with Gasteiger partial charge >= 0.3 is 5.97 Å². The molecule has 0 spiro atoms. The molecular formula is C16H12N2O3. The van der Waals surface area contributed by atoms with Crippen molar-refractivity contribution in [3.05, 3.63) is 58.6 Å². The Labute approximate surface area is 121 Å². The van der Waals surface area contributed by atoms with Gasteiger partial charge in [0.1, 0.15) is 6.07 Å². The van der Waals surface area contributed by atoms with Crippen LogP contribution < -0.4 is 0 Å². The Bertz CT molecular complexity index is 792. The second kappa shape index (κ2) is 4.84. The number of allylic oxidation sites excluding steroid dienone is 1. The zero-order valence-corrected chi connectivity index (χ0v) is 11.1. The van der Waals surface area contributed by atoms with Crippen molar-refractivity contribution >= 4 is 12.0 Å². The lowest BCUT2D eigenvalue weighted by Gasteiger charge is -2.14. The predicted octanol–water partition coefficient (Wildman–Crippen LogP) is 2.89. The third kappa shape index (κ3) is 2.17. The van der Waals surface area contributed by atoms with Gasteiger partial charge in [0.2, 0.25) is 0 Å². The van der Waals surface area contributed by atoms with Crippen LogP contribution in [-0.4, -0.2) is 20.7 Å². The summed E-state index contributed by atoms with van der Waals surface area (Å²) in [6.45, 7) is 0. The molecular weight excluding hydrogens is 268 g/mol. The highest BCUT2D eigenvalue weighted by molar-refractivity contribution is 5.87. The molecule has 0 atom stereocenters. The molecule has 1 aliphatic rings. The molecule has 0 amide bonds. The van der Waals surface area contributed by atoms with E-state index in [0.717, 1.165) is 16.9 Å². The van der Waals surface area contributed by atoms with Crippen LogP contribution in [0.1, 0.15) is 33.6 Å². The summed E-state index contributed by atoms with van der Waals surface area (Å²) in [5.41, 5.74) is 3.21. The fourth-order valence-corrected chi connectivity index (χ4v) is 2.55. The molecule has 0 fully saturated rings. The zero-order chi connectivity index (χ0) is 15.0. The maximum atomic E-state index is 10.9. The summed E-state index contributed by atoms with van der Waals surface area (Å²) in [7, 11) is 0. The molecule has 21 heavy (non-hydrogen) atoms. The maximum absolute atomic E-state index is 10.9. The van der Waals surface area contributed by atoms with E-state index in [1.165, 1.54) is 12.1 Å². The van der Waals surface area contributed by atoms with Crippen molar-refractivity contribution < 1.29 is 15.0 Å². The highest BCUT2D eigenvalue weighted by atomic mass is 16.4. The van der Waals surface area contributed by atoms with E-state index in [9.17, 15) is 15.2 Å². The second-order valence-corrected chi connectivity index (χ2v) is 4.87. The first-order chi connectivity index (χ1) is 10.1. The Morgan fingerprint density at radius 3 is 2.57 bits per heavy atom. The lowest BCUT2D eigenvalue weighted by Crippen LogP contribution is -2.05. The molecule has 5 heteroatoms. The number of nitriles is 1. The molecule has 0 bridgehead atoms. The fraction of sp³-hybridized carbons (Fsp3) is 0.125. The normalized spacial score (nSPS) is 13.2. The fourth-order valence-electron chi connectivity index (χ4n) is 2.55. The Balaban J connectivity index is 2.12. The Kier molecular flexibility index (Phi) is 2.99. The van der Waals surface area contributed by atoms with Gasteiger partial charge in [0.25, 0.3) is 0 Å². The maximum Gasteiger partial charge on any atom is 0.335 e. The number of aliphatic hydroxyl groups is 1. The topological polar surface area (TPSA) is 86.2 Å². The summed E-state index contributed by atoms with van der Waals surface area (Å²) in [4.78, 5) is 10.9. The Hall–Kier alpha value is -3.00. The van der Waals surface area contributed by atoms with Gasteiger partial charge in [-0.1, -0.05) is 0 Å². The summed E-state index contributed by atoms with van der Waals surface area (Å²) in [6, 6.07) is 8.62. The molecule has 0 unspecified atom stereocenters. The Morgan fingerprint density at radius 1 is 1.24 bits per heavy atom. The van der Waals surface area contributed by atoms with Gasteiger partial charge in [-0.25, -0.2) is 4.79 Å². The van der Waals surface area contributed by atoms with Crippen molar-refractivity contribution in [1.82, 2.24) is 4.57 Å². The Morgan fingerprint density at radius 2 is 1.95 bits per heavy atom. The first kappa shape index (κ1) is 13.0. The van der Waals surface area contributed by atoms with E-state index in [1.807, 2.05) is 4.57 Å². The largest absolute Gasteiger partial charge is 0.512 e. The van der Waals surface area contributed by atoms with E-state index >= 15 is 0 Å². The molecule has 0 aliphatic heterocycles. The van der Waals surface area contributed by atoms with Gasteiger partial charge < -0.3 is 14.8 Å². The zero-order valence-electron chi connectivity index (χ0n) is 11.1. The summed E-state index contributed by atoms with van der Waals surface area (Å²) in [6.07, 6.45) is 4.52. The minimum absolute atomic E-state index is 0.220. The first-order valence-corrected chi connectivity index (χ1v) is 6.47. The van der Waals surface area contributed by atoms with Crippen LogP contribution in [0, 0.1) is 11.3 Å². The highest BCUT2D eigenvalue weighted by Crippen LogP contribution is 2.29.